The van der Waals surface area contributed by atoms with E-state index in [1.165, 1.54) is 24.3 Å². The summed E-state index contributed by atoms with van der Waals surface area (Å²) in [5.74, 6) is -0.879. The Hall–Kier alpha value is -2.19. The summed E-state index contributed by atoms with van der Waals surface area (Å²) in [4.78, 5) is 11.7. The molecule has 1 unspecified atom stereocenters. The van der Waals surface area contributed by atoms with Gasteiger partial charge in [-0.25, -0.2) is 4.79 Å². The lowest BCUT2D eigenvalue weighted by Crippen LogP contribution is -2.09. The lowest BCUT2D eigenvalue weighted by molar-refractivity contribution is -0.150. The second-order valence-corrected chi connectivity index (χ2v) is 5.35. The molecule has 1 heterocycles. The van der Waals surface area contributed by atoms with Crippen LogP contribution in [0.2, 0.25) is 0 Å². The van der Waals surface area contributed by atoms with Gasteiger partial charge in [-0.3, -0.25) is 0 Å². The molecule has 22 heavy (non-hydrogen) atoms. The SMILES string of the molecule is CC/C=C/C1=C(c2ccc(OS(=O)(=O)F)cc2)C(O)OC1=O. The molecule has 1 aromatic rings. The highest BCUT2D eigenvalue weighted by Crippen LogP contribution is 2.32. The summed E-state index contributed by atoms with van der Waals surface area (Å²) < 4.78 is 42.0. The molecule has 0 spiro atoms. The maximum Gasteiger partial charge on any atom is 0.488 e. The fourth-order valence-corrected chi connectivity index (χ4v) is 2.30. The van der Waals surface area contributed by atoms with Crippen molar-refractivity contribution in [2.24, 2.45) is 0 Å². The van der Waals surface area contributed by atoms with E-state index in [9.17, 15) is 22.2 Å². The van der Waals surface area contributed by atoms with Crippen LogP contribution in [0.15, 0.2) is 42.0 Å². The Labute approximate surface area is 126 Å². The second-order valence-electron chi connectivity index (χ2n) is 4.40. The summed E-state index contributed by atoms with van der Waals surface area (Å²) in [6.45, 7) is 1.89. The predicted octanol–water partition coefficient (Wildman–Crippen LogP) is 1.87. The largest absolute Gasteiger partial charge is 0.488 e. The first kappa shape index (κ1) is 16.2. The predicted molar refractivity (Wildman–Crippen MR) is 75.5 cm³/mol. The maximum atomic E-state index is 12.4. The summed E-state index contributed by atoms with van der Waals surface area (Å²) in [6, 6.07) is 5.19. The van der Waals surface area contributed by atoms with Crippen LogP contribution in [0.1, 0.15) is 18.9 Å². The first-order chi connectivity index (χ1) is 10.3. The molecule has 0 bridgehead atoms. The zero-order chi connectivity index (χ0) is 16.3. The van der Waals surface area contributed by atoms with Crippen molar-refractivity contribution in [3.05, 3.63) is 47.6 Å². The monoisotopic (exact) mass is 328 g/mol. The molecule has 0 amide bonds. The van der Waals surface area contributed by atoms with E-state index in [0.29, 0.717) is 12.0 Å². The molecule has 0 fully saturated rings. The van der Waals surface area contributed by atoms with Crippen molar-refractivity contribution < 1.29 is 31.1 Å². The standard InChI is InChI=1S/C14H13FO6S/c1-2-3-4-11-12(14(17)20-13(11)16)9-5-7-10(8-6-9)21-22(15,18)19/h3-8,14,17H,2H2,1H3/b4-3+. The summed E-state index contributed by atoms with van der Waals surface area (Å²) in [6.07, 6.45) is 2.56. The molecule has 1 aromatic carbocycles. The number of benzene rings is 1. The molecule has 0 aliphatic carbocycles. The number of carbonyl (C=O) groups excluding carboxylic acids is 1. The van der Waals surface area contributed by atoms with Crippen LogP contribution in [-0.4, -0.2) is 25.8 Å². The lowest BCUT2D eigenvalue weighted by atomic mass is 10.0. The second kappa shape index (κ2) is 6.29. The van der Waals surface area contributed by atoms with Gasteiger partial charge in [-0.2, -0.15) is 8.42 Å². The third-order valence-corrected chi connectivity index (χ3v) is 3.25. The number of cyclic esters (lactones) is 1. The van der Waals surface area contributed by atoms with Crippen LogP contribution < -0.4 is 4.18 Å². The number of carbonyl (C=O) groups is 1. The Morgan fingerprint density at radius 2 is 2.00 bits per heavy atom. The summed E-state index contributed by atoms with van der Waals surface area (Å²) in [5.41, 5.74) is 0.892. The van der Waals surface area contributed by atoms with Gasteiger partial charge in [-0.1, -0.05) is 35.1 Å². The average Bonchev–Trinajstić information content (AvgIpc) is 2.70. The molecular formula is C14H13FO6S. The van der Waals surface area contributed by atoms with Gasteiger partial charge in [-0.15, -0.1) is 0 Å². The van der Waals surface area contributed by atoms with Gasteiger partial charge >= 0.3 is 16.5 Å². The van der Waals surface area contributed by atoms with Crippen LogP contribution >= 0.6 is 0 Å². The molecular weight excluding hydrogens is 315 g/mol. The van der Waals surface area contributed by atoms with Crippen molar-refractivity contribution in [1.29, 1.82) is 0 Å². The molecule has 1 aliphatic rings. The Morgan fingerprint density at radius 1 is 1.36 bits per heavy atom. The highest BCUT2D eigenvalue weighted by atomic mass is 32.3. The third kappa shape index (κ3) is 3.71. The number of allylic oxidation sites excluding steroid dienone is 1. The number of aliphatic hydroxyl groups excluding tert-OH is 1. The Bertz CT molecular complexity index is 733. The molecule has 8 heteroatoms. The van der Waals surface area contributed by atoms with Crippen LogP contribution in [0.25, 0.3) is 5.57 Å². The number of ether oxygens (including phenoxy) is 1. The molecule has 118 valence electrons. The number of hydrogen-bond acceptors (Lipinski definition) is 6. The van der Waals surface area contributed by atoms with Crippen molar-refractivity contribution in [2.45, 2.75) is 19.6 Å². The average molecular weight is 328 g/mol. The summed E-state index contributed by atoms with van der Waals surface area (Å²) >= 11 is 0. The minimum absolute atomic E-state index is 0.209. The number of hydrogen-bond donors (Lipinski definition) is 1. The number of aliphatic hydroxyl groups is 1. The molecule has 2 rings (SSSR count). The lowest BCUT2D eigenvalue weighted by Gasteiger charge is -2.08. The van der Waals surface area contributed by atoms with Crippen LogP contribution in [0, 0.1) is 0 Å². The zero-order valence-corrected chi connectivity index (χ0v) is 12.3. The fourth-order valence-electron chi connectivity index (χ4n) is 1.96. The molecule has 0 saturated heterocycles. The van der Waals surface area contributed by atoms with Crippen LogP contribution in [0.3, 0.4) is 0 Å². The van der Waals surface area contributed by atoms with Crippen LogP contribution in [-0.2, 0) is 20.0 Å². The van der Waals surface area contributed by atoms with E-state index in [2.05, 4.69) is 4.18 Å². The Balaban J connectivity index is 2.38. The normalized spacial score (nSPS) is 18.9. The van der Waals surface area contributed by atoms with Gasteiger partial charge in [0.25, 0.3) is 0 Å². The zero-order valence-electron chi connectivity index (χ0n) is 11.5. The summed E-state index contributed by atoms with van der Waals surface area (Å²) in [5, 5.41) is 9.82. The van der Waals surface area contributed by atoms with Gasteiger partial charge in [0.15, 0.2) is 0 Å². The van der Waals surface area contributed by atoms with E-state index in [0.717, 1.165) is 0 Å². The smallest absolute Gasteiger partial charge is 0.428 e. The first-order valence-electron chi connectivity index (χ1n) is 6.36. The third-order valence-electron chi connectivity index (χ3n) is 2.86. The van der Waals surface area contributed by atoms with E-state index < -0.39 is 22.8 Å². The summed E-state index contributed by atoms with van der Waals surface area (Å²) in [7, 11) is -5.10. The minimum Gasteiger partial charge on any atom is -0.428 e. The maximum absolute atomic E-state index is 12.4. The van der Waals surface area contributed by atoms with Gasteiger partial charge in [0.1, 0.15) is 5.75 Å². The molecule has 6 nitrogen and oxygen atoms in total. The minimum atomic E-state index is -5.10. The van der Waals surface area contributed by atoms with E-state index in [4.69, 9.17) is 4.74 Å². The highest BCUT2D eigenvalue weighted by Gasteiger charge is 2.32. The van der Waals surface area contributed by atoms with Crippen LogP contribution in [0.5, 0.6) is 5.75 Å². The van der Waals surface area contributed by atoms with E-state index in [1.54, 1.807) is 12.2 Å². The Morgan fingerprint density at radius 3 is 2.55 bits per heavy atom. The van der Waals surface area contributed by atoms with Crippen molar-refractivity contribution >= 4 is 22.0 Å². The van der Waals surface area contributed by atoms with Crippen molar-refractivity contribution in [3.8, 4) is 5.75 Å². The molecule has 0 radical (unpaired) electrons. The first-order valence-corrected chi connectivity index (χ1v) is 7.67. The van der Waals surface area contributed by atoms with Crippen molar-refractivity contribution in [3.63, 3.8) is 0 Å². The number of halogens is 1. The molecule has 0 aromatic heterocycles. The van der Waals surface area contributed by atoms with Crippen LogP contribution in [0.4, 0.5) is 3.89 Å². The van der Waals surface area contributed by atoms with E-state index in [-0.39, 0.29) is 16.9 Å². The molecule has 1 atom stereocenters. The Kier molecular flexibility index (Phi) is 4.62. The van der Waals surface area contributed by atoms with Crippen molar-refractivity contribution in [2.75, 3.05) is 0 Å². The quantitative estimate of drug-likeness (QED) is 0.655. The fraction of sp³-hybridized carbons (Fsp3) is 0.214. The molecule has 1 aliphatic heterocycles. The van der Waals surface area contributed by atoms with Gasteiger partial charge in [0, 0.05) is 5.57 Å². The molecule has 1 N–H and O–H groups in total. The van der Waals surface area contributed by atoms with E-state index >= 15 is 0 Å². The molecule has 0 saturated carbocycles. The highest BCUT2D eigenvalue weighted by molar-refractivity contribution is 7.81. The van der Waals surface area contributed by atoms with Crippen molar-refractivity contribution in [1.82, 2.24) is 0 Å². The number of rotatable bonds is 5. The van der Waals surface area contributed by atoms with E-state index in [1.807, 2.05) is 6.92 Å². The topological polar surface area (TPSA) is 89.9 Å². The van der Waals surface area contributed by atoms with Gasteiger partial charge in [0.05, 0.1) is 5.57 Å². The van der Waals surface area contributed by atoms with Gasteiger partial charge in [-0.05, 0) is 24.1 Å². The van der Waals surface area contributed by atoms with Gasteiger partial charge in [0.2, 0.25) is 6.29 Å². The number of esters is 1. The van der Waals surface area contributed by atoms with Gasteiger partial charge < -0.3 is 14.0 Å².